The van der Waals surface area contributed by atoms with Crippen LogP contribution in [0, 0.1) is 27.7 Å². The Balaban J connectivity index is 1.73. The number of thioether (sulfide) groups is 1. The number of anilines is 1. The van der Waals surface area contributed by atoms with E-state index in [1.807, 2.05) is 45.9 Å². The fourth-order valence-electron chi connectivity index (χ4n) is 2.38. The molecule has 2 amide bonds. The number of nitrogens with zero attached hydrogens (tertiary/aromatic N) is 1. The molecule has 2 N–H and O–H groups in total. The summed E-state index contributed by atoms with van der Waals surface area (Å²) in [4.78, 5) is 23.9. The van der Waals surface area contributed by atoms with E-state index in [4.69, 9.17) is 4.52 Å². The van der Waals surface area contributed by atoms with Crippen molar-refractivity contribution in [2.45, 2.75) is 33.4 Å². The Bertz CT molecular complexity index is 731. The van der Waals surface area contributed by atoms with Crippen molar-refractivity contribution in [3.63, 3.8) is 0 Å². The van der Waals surface area contributed by atoms with Gasteiger partial charge in [-0.15, -0.1) is 11.8 Å². The first-order valence-electron chi connectivity index (χ1n) is 8.00. The first-order valence-corrected chi connectivity index (χ1v) is 9.16. The van der Waals surface area contributed by atoms with Crippen molar-refractivity contribution in [2.24, 2.45) is 0 Å². The lowest BCUT2D eigenvalue weighted by atomic mass is 10.1. The summed E-state index contributed by atoms with van der Waals surface area (Å²) in [7, 11) is 0. The normalized spacial score (nSPS) is 10.6. The number of aryl methyl sites for hydroxylation is 4. The van der Waals surface area contributed by atoms with Gasteiger partial charge in [0.05, 0.1) is 18.0 Å². The fraction of sp³-hybridized carbons (Fsp3) is 0.389. The van der Waals surface area contributed by atoms with Gasteiger partial charge in [0.2, 0.25) is 11.8 Å². The topological polar surface area (TPSA) is 84.2 Å². The van der Waals surface area contributed by atoms with Crippen molar-refractivity contribution in [1.82, 2.24) is 10.5 Å². The number of benzene rings is 1. The third-order valence-corrected chi connectivity index (χ3v) is 4.81. The Morgan fingerprint density at radius 1 is 1.12 bits per heavy atom. The van der Waals surface area contributed by atoms with Crippen molar-refractivity contribution in [3.8, 4) is 0 Å². The molecule has 1 aromatic carbocycles. The average Bonchev–Trinajstić information content (AvgIpc) is 2.88. The monoisotopic (exact) mass is 361 g/mol. The summed E-state index contributed by atoms with van der Waals surface area (Å²) < 4.78 is 5.09. The molecule has 6 nitrogen and oxygen atoms in total. The Hall–Kier alpha value is -2.28. The van der Waals surface area contributed by atoms with Crippen molar-refractivity contribution >= 4 is 29.3 Å². The molecule has 0 saturated heterocycles. The third-order valence-electron chi connectivity index (χ3n) is 3.85. The number of hydrogen-bond donors (Lipinski definition) is 2. The Morgan fingerprint density at radius 2 is 1.80 bits per heavy atom. The molecule has 0 atom stereocenters. The second-order valence-electron chi connectivity index (χ2n) is 5.89. The number of hydrogen-bond acceptors (Lipinski definition) is 5. The van der Waals surface area contributed by atoms with Gasteiger partial charge in [0.15, 0.2) is 0 Å². The van der Waals surface area contributed by atoms with E-state index in [0.29, 0.717) is 5.75 Å². The van der Waals surface area contributed by atoms with Crippen molar-refractivity contribution in [3.05, 3.63) is 46.3 Å². The summed E-state index contributed by atoms with van der Waals surface area (Å²) >= 11 is 1.46. The molecule has 2 rings (SSSR count). The third kappa shape index (κ3) is 5.35. The molecule has 1 heterocycles. The van der Waals surface area contributed by atoms with Gasteiger partial charge in [-0.3, -0.25) is 9.59 Å². The summed E-state index contributed by atoms with van der Waals surface area (Å²) in [5.74, 6) is 1.30. The second-order valence-corrected chi connectivity index (χ2v) is 6.87. The molecule has 0 fully saturated rings. The molecule has 0 radical (unpaired) electrons. The summed E-state index contributed by atoms with van der Waals surface area (Å²) in [6, 6.07) is 5.82. The van der Waals surface area contributed by atoms with Crippen LogP contribution in [-0.4, -0.2) is 29.3 Å². The van der Waals surface area contributed by atoms with E-state index in [-0.39, 0.29) is 24.1 Å². The van der Waals surface area contributed by atoms with Gasteiger partial charge >= 0.3 is 0 Å². The Labute approximate surface area is 151 Å². The zero-order chi connectivity index (χ0) is 18.4. The lowest BCUT2D eigenvalue weighted by molar-refractivity contribution is -0.122. The van der Waals surface area contributed by atoms with Crippen molar-refractivity contribution < 1.29 is 14.1 Å². The highest BCUT2D eigenvalue weighted by Gasteiger charge is 2.11. The van der Waals surface area contributed by atoms with Gasteiger partial charge in [0.25, 0.3) is 0 Å². The van der Waals surface area contributed by atoms with Gasteiger partial charge in [-0.1, -0.05) is 23.4 Å². The first-order chi connectivity index (χ1) is 11.9. The van der Waals surface area contributed by atoms with Crippen LogP contribution in [0.1, 0.15) is 28.1 Å². The van der Waals surface area contributed by atoms with Gasteiger partial charge in [-0.05, 0) is 38.8 Å². The van der Waals surface area contributed by atoms with Crippen LogP contribution in [0.15, 0.2) is 22.7 Å². The molecule has 0 aliphatic rings. The SMILES string of the molecule is Cc1cccc(C)c1NC(=O)CNC(=O)CSCc1c(C)noc1C. The maximum atomic E-state index is 12.0. The van der Waals surface area contributed by atoms with E-state index in [2.05, 4.69) is 15.8 Å². The van der Waals surface area contributed by atoms with Crippen LogP contribution >= 0.6 is 11.8 Å². The molecule has 0 unspecified atom stereocenters. The predicted octanol–water partition coefficient (Wildman–Crippen LogP) is 2.90. The zero-order valence-corrected chi connectivity index (χ0v) is 15.8. The maximum absolute atomic E-state index is 12.0. The van der Waals surface area contributed by atoms with Crippen LogP contribution in [0.5, 0.6) is 0 Å². The highest BCUT2D eigenvalue weighted by atomic mass is 32.2. The van der Waals surface area contributed by atoms with Crippen LogP contribution in [0.2, 0.25) is 0 Å². The molecule has 2 aromatic rings. The van der Waals surface area contributed by atoms with Crippen LogP contribution in [0.4, 0.5) is 5.69 Å². The molecule has 1 aromatic heterocycles. The summed E-state index contributed by atoms with van der Waals surface area (Å²) in [6.45, 7) is 7.57. The predicted molar refractivity (Wildman–Crippen MR) is 99.7 cm³/mol. The maximum Gasteiger partial charge on any atom is 0.243 e. The first kappa shape index (κ1) is 19.1. The summed E-state index contributed by atoms with van der Waals surface area (Å²) in [5, 5.41) is 9.37. The van der Waals surface area contributed by atoms with Gasteiger partial charge in [0.1, 0.15) is 5.76 Å². The Kier molecular flexibility index (Phi) is 6.64. The average molecular weight is 361 g/mol. The summed E-state index contributed by atoms with van der Waals surface area (Å²) in [6.07, 6.45) is 0. The molecular weight excluding hydrogens is 338 g/mol. The van der Waals surface area contributed by atoms with E-state index in [9.17, 15) is 9.59 Å². The van der Waals surface area contributed by atoms with Crippen molar-refractivity contribution in [1.29, 1.82) is 0 Å². The standard InChI is InChI=1S/C18H23N3O3S/c1-11-6-5-7-12(2)18(11)20-16(22)8-19-17(23)10-25-9-15-13(3)21-24-14(15)4/h5-7H,8-10H2,1-4H3,(H,19,23)(H,20,22). The molecular formula is C18H23N3O3S. The largest absolute Gasteiger partial charge is 0.361 e. The number of nitrogens with one attached hydrogen (secondary N) is 2. The lowest BCUT2D eigenvalue weighted by Gasteiger charge is -2.11. The van der Waals surface area contributed by atoms with Crippen LogP contribution in [0.25, 0.3) is 0 Å². The van der Waals surface area contributed by atoms with E-state index in [1.54, 1.807) is 0 Å². The quantitative estimate of drug-likeness (QED) is 0.792. The molecule has 0 bridgehead atoms. The molecule has 0 saturated carbocycles. The van der Waals surface area contributed by atoms with E-state index >= 15 is 0 Å². The van der Waals surface area contributed by atoms with E-state index in [1.165, 1.54) is 11.8 Å². The fourth-order valence-corrected chi connectivity index (χ4v) is 3.38. The molecule has 0 aliphatic carbocycles. The van der Waals surface area contributed by atoms with Crippen molar-refractivity contribution in [2.75, 3.05) is 17.6 Å². The van der Waals surface area contributed by atoms with Gasteiger partial charge in [-0.25, -0.2) is 0 Å². The number of carbonyl (C=O) groups is 2. The highest BCUT2D eigenvalue weighted by molar-refractivity contribution is 7.99. The minimum absolute atomic E-state index is 0.0432. The van der Waals surface area contributed by atoms with Gasteiger partial charge in [0, 0.05) is 17.0 Å². The molecule has 7 heteroatoms. The molecule has 0 aliphatic heterocycles. The minimum atomic E-state index is -0.235. The summed E-state index contributed by atoms with van der Waals surface area (Å²) in [5.41, 5.74) is 4.66. The van der Waals surface area contributed by atoms with Crippen LogP contribution in [-0.2, 0) is 15.3 Å². The van der Waals surface area contributed by atoms with Crippen LogP contribution in [0.3, 0.4) is 0 Å². The lowest BCUT2D eigenvalue weighted by Crippen LogP contribution is -2.34. The highest BCUT2D eigenvalue weighted by Crippen LogP contribution is 2.20. The Morgan fingerprint density at radius 3 is 2.40 bits per heavy atom. The second kappa shape index (κ2) is 8.71. The van der Waals surface area contributed by atoms with Gasteiger partial charge < -0.3 is 15.2 Å². The number of aromatic nitrogens is 1. The molecule has 0 spiro atoms. The smallest absolute Gasteiger partial charge is 0.243 e. The van der Waals surface area contributed by atoms with E-state index in [0.717, 1.165) is 33.8 Å². The molecule has 25 heavy (non-hydrogen) atoms. The van der Waals surface area contributed by atoms with Gasteiger partial charge in [-0.2, -0.15) is 0 Å². The number of carbonyl (C=O) groups excluding carboxylic acids is 2. The van der Waals surface area contributed by atoms with E-state index < -0.39 is 0 Å². The van der Waals surface area contributed by atoms with Crippen LogP contribution < -0.4 is 10.6 Å². The number of para-hydroxylation sites is 1. The molecule has 134 valence electrons. The minimum Gasteiger partial charge on any atom is -0.361 e. The number of rotatable bonds is 7. The number of amides is 2. The zero-order valence-electron chi connectivity index (χ0n) is 14.9.